The standard InChI is InChI=1S/C13H9N2O.3C4H9.Sn/c14-13-6-5-10(8-15-13)12-7-9-3-1-2-4-11(9)16-12;3*1-3-4-2;/h2-8H,(H2,14,15);3*1,3-4H2,2H3;. The molecule has 0 saturated carbocycles. The topological polar surface area (TPSA) is 52.0 Å². The molecule has 4 heteroatoms. The van der Waals surface area contributed by atoms with Gasteiger partial charge in [-0.1, -0.05) is 0 Å². The number of nitrogens with zero attached hydrogens (tertiary/aromatic N) is 1. The Morgan fingerprint density at radius 1 is 0.862 bits per heavy atom. The molecule has 3 rings (SSSR count). The summed E-state index contributed by atoms with van der Waals surface area (Å²) in [6, 6.07) is 13.1. The van der Waals surface area contributed by atoms with E-state index in [1.54, 1.807) is 9.78 Å². The number of furan rings is 1. The predicted octanol–water partition coefficient (Wildman–Crippen LogP) is 7.13. The summed E-state index contributed by atoms with van der Waals surface area (Å²) < 4.78 is 12.3. The molecule has 0 fully saturated rings. The number of hydrogen-bond acceptors (Lipinski definition) is 3. The van der Waals surface area contributed by atoms with Crippen molar-refractivity contribution in [3.63, 3.8) is 0 Å². The molecule has 3 aromatic rings. The van der Waals surface area contributed by atoms with Crippen molar-refractivity contribution in [1.29, 1.82) is 0 Å². The normalized spacial score (nSPS) is 12.0. The third-order valence-electron chi connectivity index (χ3n) is 6.23. The van der Waals surface area contributed by atoms with Crippen LogP contribution < -0.4 is 9.31 Å². The van der Waals surface area contributed by atoms with Gasteiger partial charge in [-0.3, -0.25) is 0 Å². The number of hydrogen-bond donors (Lipinski definition) is 1. The molecule has 0 atom stereocenters. The van der Waals surface area contributed by atoms with Gasteiger partial charge in [-0.05, 0) is 0 Å². The molecule has 0 radical (unpaired) electrons. The van der Waals surface area contributed by atoms with Crippen LogP contribution in [0.4, 0.5) is 5.82 Å². The fourth-order valence-electron chi connectivity index (χ4n) is 4.42. The van der Waals surface area contributed by atoms with Crippen LogP contribution in [0.1, 0.15) is 59.3 Å². The number of aromatic nitrogens is 1. The number of nitrogens with two attached hydrogens (primary N) is 1. The van der Waals surface area contributed by atoms with Gasteiger partial charge in [0.1, 0.15) is 0 Å². The molecule has 2 N–H and O–H groups in total. The molecule has 0 amide bonds. The maximum atomic E-state index is 6.15. The van der Waals surface area contributed by atoms with Gasteiger partial charge in [-0.15, -0.1) is 0 Å². The van der Waals surface area contributed by atoms with E-state index in [1.165, 1.54) is 57.2 Å². The summed E-state index contributed by atoms with van der Waals surface area (Å²) in [7, 11) is 0. The van der Waals surface area contributed by atoms with Gasteiger partial charge in [0.2, 0.25) is 0 Å². The summed E-state index contributed by atoms with van der Waals surface area (Å²) in [6.45, 7) is 7.01. The van der Waals surface area contributed by atoms with Gasteiger partial charge in [0.05, 0.1) is 0 Å². The predicted molar refractivity (Wildman–Crippen MR) is 128 cm³/mol. The summed E-state index contributed by atoms with van der Waals surface area (Å²) in [6.07, 6.45) is 9.86. The first kappa shape index (κ1) is 22.2. The fourth-order valence-corrected chi connectivity index (χ4v) is 20.4. The second kappa shape index (κ2) is 10.5. The molecule has 1 aromatic carbocycles. The van der Waals surface area contributed by atoms with Gasteiger partial charge in [0.15, 0.2) is 0 Å². The van der Waals surface area contributed by atoms with Crippen LogP contribution in [0.5, 0.6) is 0 Å². The summed E-state index contributed by atoms with van der Waals surface area (Å²) in [4.78, 5) is 4.21. The minimum absolute atomic E-state index is 0.536. The first-order chi connectivity index (χ1) is 14.1. The number of rotatable bonds is 11. The Morgan fingerprint density at radius 2 is 1.52 bits per heavy atom. The van der Waals surface area contributed by atoms with Crippen LogP contribution in [-0.4, -0.2) is 23.4 Å². The van der Waals surface area contributed by atoms with Crippen molar-refractivity contribution in [2.24, 2.45) is 0 Å². The molecule has 2 aromatic heterocycles. The minimum atomic E-state index is -2.42. The van der Waals surface area contributed by atoms with E-state index in [9.17, 15) is 0 Å². The number of fused-ring (bicyclic) bond motifs is 1. The Labute approximate surface area is 180 Å². The Bertz CT molecular complexity index is 879. The Morgan fingerprint density at radius 3 is 2.07 bits per heavy atom. The number of anilines is 1. The van der Waals surface area contributed by atoms with Crippen LogP contribution in [0.25, 0.3) is 22.3 Å². The van der Waals surface area contributed by atoms with Crippen LogP contribution >= 0.6 is 0 Å². The van der Waals surface area contributed by atoms with Crippen LogP contribution in [0, 0.1) is 0 Å². The summed E-state index contributed by atoms with van der Waals surface area (Å²) in [5, 5.41) is 1.24. The molecule has 0 aliphatic carbocycles. The zero-order valence-electron chi connectivity index (χ0n) is 18.3. The third-order valence-corrected chi connectivity index (χ3v) is 21.8. The fraction of sp³-hybridized carbons (Fsp3) is 0.480. The number of pyridine rings is 1. The first-order valence-corrected chi connectivity index (χ1v) is 18.9. The van der Waals surface area contributed by atoms with E-state index in [2.05, 4.69) is 50.0 Å². The second-order valence-corrected chi connectivity index (χ2v) is 21.7. The average molecular weight is 499 g/mol. The maximum absolute atomic E-state index is 6.15. The molecule has 0 aliphatic rings. The van der Waals surface area contributed by atoms with Gasteiger partial charge < -0.3 is 0 Å². The van der Waals surface area contributed by atoms with E-state index in [-0.39, 0.29) is 0 Å². The van der Waals surface area contributed by atoms with E-state index in [1.807, 2.05) is 12.1 Å². The number of nitrogen functional groups attached to an aromatic ring is 1. The third kappa shape index (κ3) is 5.36. The van der Waals surface area contributed by atoms with Crippen molar-refractivity contribution in [2.45, 2.75) is 72.6 Å². The van der Waals surface area contributed by atoms with Crippen LogP contribution in [0.3, 0.4) is 0 Å². The van der Waals surface area contributed by atoms with Crippen molar-refractivity contribution in [3.8, 4) is 11.3 Å². The van der Waals surface area contributed by atoms with Gasteiger partial charge in [0, 0.05) is 0 Å². The van der Waals surface area contributed by atoms with Crippen molar-refractivity contribution in [1.82, 2.24) is 4.98 Å². The molecule has 0 saturated heterocycles. The second-order valence-electron chi connectivity index (χ2n) is 8.43. The molecule has 29 heavy (non-hydrogen) atoms. The Hall–Kier alpha value is -1.49. The van der Waals surface area contributed by atoms with Crippen LogP contribution in [-0.2, 0) is 0 Å². The molecule has 0 unspecified atom stereocenters. The molecule has 0 spiro atoms. The summed E-state index contributed by atoms with van der Waals surface area (Å²) in [5.74, 6) is 1.41. The molecule has 3 nitrogen and oxygen atoms in total. The van der Waals surface area contributed by atoms with E-state index in [0.717, 1.165) is 16.9 Å². The SMILES string of the molecule is CCC[CH2][Sn]([CH2]CCC)([CH2]CCC)[c]1ccc2oc(-c3ccc(N)nc3)cc2c1. The molecule has 0 bridgehead atoms. The Balaban J connectivity index is 1.99. The van der Waals surface area contributed by atoms with Crippen molar-refractivity contribution >= 4 is 38.7 Å². The summed E-state index contributed by atoms with van der Waals surface area (Å²) in [5.41, 5.74) is 7.69. The van der Waals surface area contributed by atoms with Crippen LogP contribution in [0.15, 0.2) is 47.0 Å². The Kier molecular flexibility index (Phi) is 8.05. The molecular formula is C25H36N2OSn. The van der Waals surface area contributed by atoms with E-state index in [4.69, 9.17) is 10.2 Å². The molecule has 2 heterocycles. The van der Waals surface area contributed by atoms with Crippen LogP contribution in [0.2, 0.25) is 13.3 Å². The van der Waals surface area contributed by atoms with E-state index in [0.29, 0.717) is 5.82 Å². The zero-order chi connectivity index (χ0) is 20.7. The van der Waals surface area contributed by atoms with Crippen molar-refractivity contribution in [2.75, 3.05) is 5.73 Å². The van der Waals surface area contributed by atoms with E-state index < -0.39 is 18.4 Å². The van der Waals surface area contributed by atoms with Gasteiger partial charge >= 0.3 is 180 Å². The molecule has 0 aliphatic heterocycles. The van der Waals surface area contributed by atoms with Crippen molar-refractivity contribution in [3.05, 3.63) is 42.6 Å². The monoisotopic (exact) mass is 500 g/mol. The number of unbranched alkanes of at least 4 members (excludes halogenated alkanes) is 3. The zero-order valence-corrected chi connectivity index (χ0v) is 21.2. The first-order valence-electron chi connectivity index (χ1n) is 11.4. The summed E-state index contributed by atoms with van der Waals surface area (Å²) >= 11 is -2.42. The number of benzene rings is 1. The van der Waals surface area contributed by atoms with E-state index >= 15 is 0 Å². The quantitative estimate of drug-likeness (QED) is 0.286. The van der Waals surface area contributed by atoms with Gasteiger partial charge in [-0.2, -0.15) is 0 Å². The average Bonchev–Trinajstić information content (AvgIpc) is 3.17. The van der Waals surface area contributed by atoms with Gasteiger partial charge in [0.25, 0.3) is 0 Å². The van der Waals surface area contributed by atoms with Gasteiger partial charge in [-0.25, -0.2) is 0 Å². The molecule has 156 valence electrons. The van der Waals surface area contributed by atoms with Crippen molar-refractivity contribution < 1.29 is 4.42 Å². The molecular weight excluding hydrogens is 463 g/mol.